The normalized spacial score (nSPS) is 17.1. The van der Waals surface area contributed by atoms with Crippen LogP contribution in [0, 0.1) is 0 Å². The number of nitrogens with zero attached hydrogens (tertiary/aromatic N) is 2. The van der Waals surface area contributed by atoms with E-state index in [0.29, 0.717) is 28.5 Å². The SMILES string of the molecule is C=CCOc1ccc(C(O)=C2C(=O)C(=O)N(Cc3ccncc3)[C@@H]2c2ccc(Cl)c(Cl)c2)cc1. The molecule has 8 heteroatoms. The van der Waals surface area contributed by atoms with E-state index in [9.17, 15) is 14.7 Å². The molecule has 2 aromatic carbocycles. The summed E-state index contributed by atoms with van der Waals surface area (Å²) in [6.45, 7) is 4.09. The molecule has 172 valence electrons. The molecule has 1 fully saturated rings. The lowest BCUT2D eigenvalue weighted by molar-refractivity contribution is -0.140. The Balaban J connectivity index is 1.81. The number of benzene rings is 2. The number of ether oxygens (including phenoxy) is 1. The Kier molecular flexibility index (Phi) is 7.01. The van der Waals surface area contributed by atoms with Crippen LogP contribution in [-0.2, 0) is 16.1 Å². The summed E-state index contributed by atoms with van der Waals surface area (Å²) in [6, 6.07) is 14.1. The first kappa shape index (κ1) is 23.5. The Morgan fingerprint density at radius 2 is 1.76 bits per heavy atom. The van der Waals surface area contributed by atoms with Gasteiger partial charge in [0, 0.05) is 24.5 Å². The van der Waals surface area contributed by atoms with Gasteiger partial charge in [-0.3, -0.25) is 14.6 Å². The Morgan fingerprint density at radius 1 is 1.06 bits per heavy atom. The van der Waals surface area contributed by atoms with Crippen LogP contribution in [0.4, 0.5) is 0 Å². The third kappa shape index (κ3) is 4.69. The molecule has 1 atom stereocenters. The molecule has 2 heterocycles. The van der Waals surface area contributed by atoms with Crippen molar-refractivity contribution in [3.05, 3.63) is 112 Å². The monoisotopic (exact) mass is 494 g/mol. The number of carbonyl (C=O) groups excluding carboxylic acids is 2. The zero-order chi connectivity index (χ0) is 24.2. The maximum absolute atomic E-state index is 13.1. The van der Waals surface area contributed by atoms with Crippen molar-refractivity contribution in [2.45, 2.75) is 12.6 Å². The van der Waals surface area contributed by atoms with Crippen molar-refractivity contribution >= 4 is 40.7 Å². The Hall–Kier alpha value is -3.61. The van der Waals surface area contributed by atoms with E-state index >= 15 is 0 Å². The van der Waals surface area contributed by atoms with Crippen LogP contribution in [0.5, 0.6) is 5.75 Å². The molecule has 0 bridgehead atoms. The van der Waals surface area contributed by atoms with Crippen LogP contribution in [0.25, 0.3) is 5.76 Å². The minimum absolute atomic E-state index is 0.0304. The average molecular weight is 495 g/mol. The summed E-state index contributed by atoms with van der Waals surface area (Å²) < 4.78 is 5.47. The fraction of sp³-hybridized carbons (Fsp3) is 0.115. The molecule has 34 heavy (non-hydrogen) atoms. The number of hydrogen-bond acceptors (Lipinski definition) is 5. The first-order valence-corrected chi connectivity index (χ1v) is 11.1. The summed E-state index contributed by atoms with van der Waals surface area (Å²) in [4.78, 5) is 31.6. The molecule has 1 saturated heterocycles. The van der Waals surface area contributed by atoms with E-state index in [-0.39, 0.29) is 22.9 Å². The van der Waals surface area contributed by atoms with Gasteiger partial charge >= 0.3 is 0 Å². The van der Waals surface area contributed by atoms with Crippen LogP contribution in [-0.4, -0.2) is 33.3 Å². The molecule has 0 radical (unpaired) electrons. The number of carbonyl (C=O) groups is 2. The predicted octanol–water partition coefficient (Wildman–Crippen LogP) is 5.58. The van der Waals surface area contributed by atoms with Crippen molar-refractivity contribution in [3.8, 4) is 5.75 Å². The van der Waals surface area contributed by atoms with Crippen LogP contribution in [0.2, 0.25) is 10.0 Å². The van der Waals surface area contributed by atoms with E-state index in [4.69, 9.17) is 27.9 Å². The molecular weight excluding hydrogens is 475 g/mol. The number of rotatable bonds is 7. The zero-order valence-electron chi connectivity index (χ0n) is 17.9. The number of halogens is 2. The summed E-state index contributed by atoms with van der Waals surface area (Å²) in [5, 5.41) is 11.8. The highest BCUT2D eigenvalue weighted by atomic mass is 35.5. The minimum Gasteiger partial charge on any atom is -0.507 e. The Labute approximate surface area is 206 Å². The summed E-state index contributed by atoms with van der Waals surface area (Å²) >= 11 is 12.3. The number of Topliss-reactive ketones (excluding diaryl/α,β-unsaturated/α-hetero) is 1. The summed E-state index contributed by atoms with van der Waals surface area (Å²) in [7, 11) is 0. The molecule has 0 saturated carbocycles. The predicted molar refractivity (Wildman–Crippen MR) is 131 cm³/mol. The highest BCUT2D eigenvalue weighted by Crippen LogP contribution is 2.41. The van der Waals surface area contributed by atoms with Crippen molar-refractivity contribution in [3.63, 3.8) is 0 Å². The van der Waals surface area contributed by atoms with Gasteiger partial charge in [-0.05, 0) is 59.7 Å². The van der Waals surface area contributed by atoms with Crippen LogP contribution in [0.15, 0.2) is 85.2 Å². The maximum Gasteiger partial charge on any atom is 0.295 e. The molecular formula is C26H20Cl2N2O4. The molecule has 1 aliphatic heterocycles. The molecule has 4 rings (SSSR count). The number of hydrogen-bond donors (Lipinski definition) is 1. The summed E-state index contributed by atoms with van der Waals surface area (Å²) in [5.41, 5.74) is 1.68. The Bertz CT molecular complexity index is 1270. The molecule has 1 amide bonds. The lowest BCUT2D eigenvalue weighted by Gasteiger charge is -2.25. The second-order valence-corrected chi connectivity index (χ2v) is 8.39. The van der Waals surface area contributed by atoms with Gasteiger partial charge in [0.2, 0.25) is 0 Å². The first-order chi connectivity index (χ1) is 16.4. The zero-order valence-corrected chi connectivity index (χ0v) is 19.5. The van der Waals surface area contributed by atoms with Gasteiger partial charge < -0.3 is 14.7 Å². The van der Waals surface area contributed by atoms with Gasteiger partial charge in [0.05, 0.1) is 21.7 Å². The second-order valence-electron chi connectivity index (χ2n) is 7.58. The van der Waals surface area contributed by atoms with Crippen molar-refractivity contribution in [2.75, 3.05) is 6.61 Å². The molecule has 3 aromatic rings. The van der Waals surface area contributed by atoms with Crippen molar-refractivity contribution < 1.29 is 19.4 Å². The standard InChI is InChI=1S/C26H20Cl2N2O4/c1-2-13-34-19-6-3-17(4-7-19)24(31)22-23(18-5-8-20(27)21(28)14-18)30(26(33)25(22)32)15-16-9-11-29-12-10-16/h2-12,14,23,31H,1,13,15H2/t23-/m1/s1. The van der Waals surface area contributed by atoms with Gasteiger partial charge in [-0.2, -0.15) is 0 Å². The largest absolute Gasteiger partial charge is 0.507 e. The van der Waals surface area contributed by atoms with Crippen LogP contribution >= 0.6 is 23.2 Å². The number of aliphatic hydroxyl groups is 1. The van der Waals surface area contributed by atoms with E-state index in [2.05, 4.69) is 11.6 Å². The molecule has 0 unspecified atom stereocenters. The van der Waals surface area contributed by atoms with Gasteiger partial charge in [0.15, 0.2) is 0 Å². The molecule has 1 aromatic heterocycles. The molecule has 6 nitrogen and oxygen atoms in total. The number of amides is 1. The van der Waals surface area contributed by atoms with Crippen LogP contribution < -0.4 is 4.74 Å². The number of aliphatic hydroxyl groups excluding tert-OH is 1. The number of pyridine rings is 1. The van der Waals surface area contributed by atoms with Gasteiger partial charge in [-0.25, -0.2) is 0 Å². The highest BCUT2D eigenvalue weighted by Gasteiger charge is 2.46. The van der Waals surface area contributed by atoms with Crippen molar-refractivity contribution in [2.24, 2.45) is 0 Å². The van der Waals surface area contributed by atoms with Crippen molar-refractivity contribution in [1.29, 1.82) is 0 Å². The first-order valence-electron chi connectivity index (χ1n) is 10.4. The van der Waals surface area contributed by atoms with Gasteiger partial charge in [-0.1, -0.05) is 41.9 Å². The third-order valence-corrected chi connectivity index (χ3v) is 6.14. The number of aromatic nitrogens is 1. The molecule has 0 aliphatic carbocycles. The topological polar surface area (TPSA) is 79.7 Å². The highest BCUT2D eigenvalue weighted by molar-refractivity contribution is 6.46. The van der Waals surface area contributed by atoms with E-state index in [1.807, 2.05) is 0 Å². The minimum atomic E-state index is -0.861. The third-order valence-electron chi connectivity index (χ3n) is 5.40. The van der Waals surface area contributed by atoms with E-state index in [1.54, 1.807) is 73.1 Å². The number of ketones is 1. The molecule has 1 N–H and O–H groups in total. The second kappa shape index (κ2) is 10.1. The number of likely N-dealkylation sites (tertiary alicyclic amines) is 1. The summed E-state index contributed by atoms with van der Waals surface area (Å²) in [5.74, 6) is -1.22. The van der Waals surface area contributed by atoms with E-state index in [1.165, 1.54) is 4.90 Å². The smallest absolute Gasteiger partial charge is 0.295 e. The van der Waals surface area contributed by atoms with Gasteiger partial charge in [-0.15, -0.1) is 0 Å². The summed E-state index contributed by atoms with van der Waals surface area (Å²) in [6.07, 6.45) is 4.83. The molecule has 0 spiro atoms. The lowest BCUT2D eigenvalue weighted by Crippen LogP contribution is -2.29. The van der Waals surface area contributed by atoms with Gasteiger partial charge in [0.1, 0.15) is 18.1 Å². The fourth-order valence-electron chi connectivity index (χ4n) is 3.78. The van der Waals surface area contributed by atoms with E-state index in [0.717, 1.165) is 5.56 Å². The lowest BCUT2D eigenvalue weighted by atomic mass is 9.95. The van der Waals surface area contributed by atoms with Crippen LogP contribution in [0.3, 0.4) is 0 Å². The molecule has 1 aliphatic rings. The Morgan fingerprint density at radius 3 is 2.41 bits per heavy atom. The van der Waals surface area contributed by atoms with E-state index < -0.39 is 17.7 Å². The van der Waals surface area contributed by atoms with Crippen molar-refractivity contribution in [1.82, 2.24) is 9.88 Å². The van der Waals surface area contributed by atoms with Gasteiger partial charge in [0.25, 0.3) is 11.7 Å². The average Bonchev–Trinajstić information content (AvgIpc) is 3.10. The fourth-order valence-corrected chi connectivity index (χ4v) is 4.08. The maximum atomic E-state index is 13.1. The quantitative estimate of drug-likeness (QED) is 0.201. The van der Waals surface area contributed by atoms with Crippen LogP contribution in [0.1, 0.15) is 22.7 Å².